The van der Waals surface area contributed by atoms with Crippen molar-refractivity contribution in [1.82, 2.24) is 9.99 Å². The number of carbonyl (C=O) groups excluding carboxylic acids is 1. The van der Waals surface area contributed by atoms with E-state index in [0.29, 0.717) is 12.1 Å². The van der Waals surface area contributed by atoms with Crippen LogP contribution < -0.4 is 10.8 Å². The summed E-state index contributed by atoms with van der Waals surface area (Å²) in [6.45, 7) is 4.94. The standard InChI is InChI=1S/C14H20N4O4/c1-4-5-6-9-7-10(19)12(13(15-2)18(9)16-3)14(22)17-8-11(20)21/h7,19H,3-6,8H2,1-2H3,(H,17,22)(H,20,21)/b15-13-. The molecule has 3 N–H and O–H groups in total. The number of nitrogens with one attached hydrogen (secondary N) is 1. The van der Waals surface area contributed by atoms with Crippen LogP contribution >= 0.6 is 0 Å². The smallest absolute Gasteiger partial charge is 0.322 e. The first-order chi connectivity index (χ1) is 10.5. The summed E-state index contributed by atoms with van der Waals surface area (Å²) in [7, 11) is 1.45. The maximum Gasteiger partial charge on any atom is 0.322 e. The van der Waals surface area contributed by atoms with E-state index in [2.05, 4.69) is 22.1 Å². The van der Waals surface area contributed by atoms with E-state index < -0.39 is 18.4 Å². The summed E-state index contributed by atoms with van der Waals surface area (Å²) < 4.78 is 1.38. The number of carboxylic acid groups (broad SMARTS) is 1. The number of nitrogens with zero attached hydrogens (tertiary/aromatic N) is 3. The van der Waals surface area contributed by atoms with Gasteiger partial charge in [0.15, 0.2) is 5.49 Å². The quantitative estimate of drug-likeness (QED) is 0.630. The Hall–Kier alpha value is -2.64. The van der Waals surface area contributed by atoms with Gasteiger partial charge in [-0.15, -0.1) is 0 Å². The van der Waals surface area contributed by atoms with Gasteiger partial charge in [-0.05, 0) is 12.8 Å². The summed E-state index contributed by atoms with van der Waals surface area (Å²) in [5.74, 6) is -2.19. The van der Waals surface area contributed by atoms with Crippen molar-refractivity contribution in [3.63, 3.8) is 0 Å². The molecule has 0 saturated carbocycles. The first-order valence-corrected chi connectivity index (χ1v) is 6.83. The maximum absolute atomic E-state index is 12.1. The number of hydrogen-bond donors (Lipinski definition) is 3. The number of carbonyl (C=O) groups is 2. The van der Waals surface area contributed by atoms with Crippen molar-refractivity contribution < 1.29 is 19.8 Å². The van der Waals surface area contributed by atoms with Crippen molar-refractivity contribution in [3.8, 4) is 5.75 Å². The fourth-order valence-corrected chi connectivity index (χ4v) is 2.01. The molecule has 0 aromatic carbocycles. The monoisotopic (exact) mass is 308 g/mol. The van der Waals surface area contributed by atoms with E-state index in [9.17, 15) is 14.7 Å². The zero-order valence-electron chi connectivity index (χ0n) is 12.7. The highest BCUT2D eigenvalue weighted by atomic mass is 16.4. The van der Waals surface area contributed by atoms with Crippen molar-refractivity contribution in [2.24, 2.45) is 10.1 Å². The Morgan fingerprint density at radius 1 is 1.45 bits per heavy atom. The van der Waals surface area contributed by atoms with E-state index in [4.69, 9.17) is 5.11 Å². The van der Waals surface area contributed by atoms with Crippen molar-refractivity contribution in [3.05, 3.63) is 22.8 Å². The third-order valence-corrected chi connectivity index (χ3v) is 3.02. The lowest BCUT2D eigenvalue weighted by Crippen LogP contribution is -2.36. The van der Waals surface area contributed by atoms with Crippen molar-refractivity contribution in [1.29, 1.82) is 0 Å². The molecule has 0 unspecified atom stereocenters. The lowest BCUT2D eigenvalue weighted by molar-refractivity contribution is -0.135. The molecule has 8 heteroatoms. The lowest BCUT2D eigenvalue weighted by Gasteiger charge is -2.13. The molecule has 1 heterocycles. The zero-order chi connectivity index (χ0) is 16.7. The Labute approximate surface area is 127 Å². The molecular formula is C14H20N4O4. The molecule has 8 nitrogen and oxygen atoms in total. The topological polar surface area (TPSA) is 116 Å². The van der Waals surface area contributed by atoms with E-state index in [-0.39, 0.29) is 16.8 Å². The molecule has 0 bridgehead atoms. The van der Waals surface area contributed by atoms with Crippen LogP contribution in [0.2, 0.25) is 0 Å². The van der Waals surface area contributed by atoms with E-state index in [1.165, 1.54) is 17.8 Å². The molecule has 0 aliphatic carbocycles. The second-order valence-corrected chi connectivity index (χ2v) is 4.58. The number of aromatic nitrogens is 1. The van der Waals surface area contributed by atoms with E-state index in [0.717, 1.165) is 12.8 Å². The fourth-order valence-electron chi connectivity index (χ4n) is 2.01. The number of carboxylic acids is 1. The summed E-state index contributed by atoms with van der Waals surface area (Å²) >= 11 is 0. The Morgan fingerprint density at radius 3 is 2.64 bits per heavy atom. The SMILES string of the molecule is C=Nn1c(CCCC)cc(O)c(C(=O)NCC(=O)O)/c1=N/C. The van der Waals surface area contributed by atoms with E-state index in [1.54, 1.807) is 0 Å². The molecular weight excluding hydrogens is 288 g/mol. The minimum atomic E-state index is -1.18. The van der Waals surface area contributed by atoms with Crippen LogP contribution in [0, 0.1) is 0 Å². The number of hydrogen-bond acceptors (Lipinski definition) is 5. The number of aryl methyl sites for hydroxylation is 1. The highest BCUT2D eigenvalue weighted by Gasteiger charge is 2.19. The van der Waals surface area contributed by atoms with Crippen LogP contribution in [0.1, 0.15) is 35.8 Å². The third-order valence-electron chi connectivity index (χ3n) is 3.02. The minimum Gasteiger partial charge on any atom is -0.507 e. The maximum atomic E-state index is 12.1. The van der Waals surface area contributed by atoms with Crippen molar-refractivity contribution in [2.75, 3.05) is 13.6 Å². The van der Waals surface area contributed by atoms with Gasteiger partial charge in [-0.1, -0.05) is 13.3 Å². The van der Waals surface area contributed by atoms with Crippen molar-refractivity contribution >= 4 is 18.6 Å². The first kappa shape index (κ1) is 17.4. The van der Waals surface area contributed by atoms with Crippen LogP contribution in [0.25, 0.3) is 0 Å². The number of rotatable bonds is 7. The second-order valence-electron chi connectivity index (χ2n) is 4.58. The van der Waals surface area contributed by atoms with E-state index >= 15 is 0 Å². The van der Waals surface area contributed by atoms with Gasteiger partial charge in [-0.2, -0.15) is 5.10 Å². The molecule has 0 saturated heterocycles. The highest BCUT2D eigenvalue weighted by Crippen LogP contribution is 2.17. The van der Waals surface area contributed by atoms with Crippen LogP contribution in [0.4, 0.5) is 0 Å². The molecule has 120 valence electrons. The van der Waals surface area contributed by atoms with Gasteiger partial charge in [-0.25, -0.2) is 4.68 Å². The zero-order valence-corrected chi connectivity index (χ0v) is 12.7. The summed E-state index contributed by atoms with van der Waals surface area (Å²) in [5.41, 5.74) is 0.671. The van der Waals surface area contributed by atoms with Gasteiger partial charge in [0.05, 0.1) is 0 Å². The van der Waals surface area contributed by atoms with Gasteiger partial charge in [0.25, 0.3) is 5.91 Å². The number of amides is 1. The van der Waals surface area contributed by atoms with Crippen LogP contribution in [0.15, 0.2) is 16.2 Å². The Kier molecular flexibility index (Phi) is 6.30. The van der Waals surface area contributed by atoms with Crippen LogP contribution in [0.5, 0.6) is 5.75 Å². The van der Waals surface area contributed by atoms with E-state index in [1.807, 2.05) is 6.92 Å². The summed E-state index contributed by atoms with van der Waals surface area (Å²) in [4.78, 5) is 26.6. The first-order valence-electron chi connectivity index (χ1n) is 6.83. The average Bonchev–Trinajstić information content (AvgIpc) is 2.49. The average molecular weight is 308 g/mol. The van der Waals surface area contributed by atoms with Crippen LogP contribution in [-0.4, -0.2) is 47.1 Å². The Morgan fingerprint density at radius 2 is 2.14 bits per heavy atom. The Balaban J connectivity index is 3.37. The largest absolute Gasteiger partial charge is 0.507 e. The van der Waals surface area contributed by atoms with Crippen molar-refractivity contribution in [2.45, 2.75) is 26.2 Å². The number of aliphatic carboxylic acids is 1. The fraction of sp³-hybridized carbons (Fsp3) is 0.429. The molecule has 1 aromatic rings. The predicted molar refractivity (Wildman–Crippen MR) is 81.1 cm³/mol. The number of pyridine rings is 1. The second kappa shape index (κ2) is 7.96. The number of aromatic hydroxyl groups is 1. The molecule has 0 atom stereocenters. The molecule has 0 radical (unpaired) electrons. The summed E-state index contributed by atoms with van der Waals surface area (Å²) in [6, 6.07) is 1.43. The van der Waals surface area contributed by atoms with Gasteiger partial charge < -0.3 is 15.5 Å². The normalized spacial score (nSPS) is 11.3. The van der Waals surface area contributed by atoms with Crippen LogP contribution in [-0.2, 0) is 11.2 Å². The molecule has 0 aliphatic rings. The molecule has 1 aromatic heterocycles. The highest BCUT2D eigenvalue weighted by molar-refractivity contribution is 5.97. The summed E-state index contributed by atoms with van der Waals surface area (Å²) in [6.07, 6.45) is 2.47. The van der Waals surface area contributed by atoms with Gasteiger partial charge in [0.1, 0.15) is 17.9 Å². The molecule has 1 rings (SSSR count). The van der Waals surface area contributed by atoms with Crippen LogP contribution in [0.3, 0.4) is 0 Å². The molecule has 0 spiro atoms. The molecule has 0 aliphatic heterocycles. The van der Waals surface area contributed by atoms with Gasteiger partial charge in [0.2, 0.25) is 0 Å². The van der Waals surface area contributed by atoms with Gasteiger partial charge >= 0.3 is 5.97 Å². The Bertz CT molecular complexity index is 649. The summed E-state index contributed by atoms with van der Waals surface area (Å²) in [5, 5.41) is 24.8. The molecule has 0 fully saturated rings. The minimum absolute atomic E-state index is 0.128. The van der Waals surface area contributed by atoms with Gasteiger partial charge in [0, 0.05) is 25.5 Å². The van der Waals surface area contributed by atoms with Gasteiger partial charge in [-0.3, -0.25) is 14.6 Å². The third kappa shape index (κ3) is 3.94. The number of unbranched alkanes of at least 4 members (excludes halogenated alkanes) is 1. The molecule has 1 amide bonds. The predicted octanol–water partition coefficient (Wildman–Crippen LogP) is 0.345. The lowest BCUT2D eigenvalue weighted by atomic mass is 10.1. The molecule has 22 heavy (non-hydrogen) atoms.